The van der Waals surface area contributed by atoms with Crippen molar-refractivity contribution < 1.29 is 0 Å². The summed E-state index contributed by atoms with van der Waals surface area (Å²) >= 11 is 0. The highest BCUT2D eigenvalue weighted by atomic mass is 14.0. The van der Waals surface area contributed by atoms with E-state index in [1.807, 2.05) is 86.6 Å². The van der Waals surface area contributed by atoms with Crippen LogP contribution in [0.1, 0.15) is 62.3 Å². The SMILES string of the molecule is C=C/C=C(\C=C/C)C(/C=C\C)=C/C.CC.CC.CC. The molecule has 0 saturated carbocycles. The molecule has 0 bridgehead atoms. The predicted molar refractivity (Wildman–Crippen MR) is 95.7 cm³/mol. The lowest BCUT2D eigenvalue weighted by atomic mass is 10.0. The van der Waals surface area contributed by atoms with E-state index in [4.69, 9.17) is 0 Å². The van der Waals surface area contributed by atoms with E-state index in [0.717, 1.165) is 0 Å². The minimum absolute atomic E-state index is 1.19. The Labute approximate surface area is 123 Å². The average molecular weight is 264 g/mol. The van der Waals surface area contributed by atoms with E-state index in [0.29, 0.717) is 0 Å². The van der Waals surface area contributed by atoms with Crippen molar-refractivity contribution in [3.63, 3.8) is 0 Å². The predicted octanol–water partition coefficient (Wildman–Crippen LogP) is 7.28. The van der Waals surface area contributed by atoms with Gasteiger partial charge in [-0.25, -0.2) is 0 Å². The van der Waals surface area contributed by atoms with Crippen LogP contribution in [0.2, 0.25) is 0 Å². The Balaban J connectivity index is -0.000000163. The number of rotatable bonds is 4. The molecule has 0 fully saturated rings. The van der Waals surface area contributed by atoms with Gasteiger partial charge in [-0.1, -0.05) is 90.7 Å². The minimum Gasteiger partial charge on any atom is -0.0990 e. The topological polar surface area (TPSA) is 0 Å². The van der Waals surface area contributed by atoms with E-state index in [-0.39, 0.29) is 0 Å². The third-order valence-electron chi connectivity index (χ3n) is 1.63. The monoisotopic (exact) mass is 264 g/mol. The summed E-state index contributed by atoms with van der Waals surface area (Å²) in [5, 5.41) is 0. The van der Waals surface area contributed by atoms with Crippen LogP contribution < -0.4 is 0 Å². The van der Waals surface area contributed by atoms with Crippen molar-refractivity contribution >= 4 is 0 Å². The Morgan fingerprint density at radius 1 is 0.684 bits per heavy atom. The molecule has 0 atom stereocenters. The highest BCUT2D eigenvalue weighted by molar-refractivity contribution is 5.47. The maximum Gasteiger partial charge on any atom is -0.0191 e. The number of hydrogen-bond donors (Lipinski definition) is 0. The van der Waals surface area contributed by atoms with Crippen LogP contribution >= 0.6 is 0 Å². The molecule has 0 N–H and O–H groups in total. The van der Waals surface area contributed by atoms with Gasteiger partial charge in [-0.3, -0.25) is 0 Å². The van der Waals surface area contributed by atoms with Gasteiger partial charge in [0.05, 0.1) is 0 Å². The fourth-order valence-electron chi connectivity index (χ4n) is 1.09. The van der Waals surface area contributed by atoms with Crippen LogP contribution in [-0.2, 0) is 0 Å². The van der Waals surface area contributed by atoms with Crippen LogP contribution in [-0.4, -0.2) is 0 Å². The third-order valence-corrected chi connectivity index (χ3v) is 1.63. The van der Waals surface area contributed by atoms with Gasteiger partial charge >= 0.3 is 0 Å². The summed E-state index contributed by atoms with van der Waals surface area (Å²) in [6.07, 6.45) is 14.2. The Bertz CT molecular complexity index is 260. The first kappa shape index (κ1) is 26.3. The zero-order valence-electron chi connectivity index (χ0n) is 14.7. The van der Waals surface area contributed by atoms with E-state index in [2.05, 4.69) is 24.8 Å². The number of hydrogen-bond acceptors (Lipinski definition) is 0. The molecule has 0 unspecified atom stereocenters. The Morgan fingerprint density at radius 3 is 1.32 bits per heavy atom. The quantitative estimate of drug-likeness (QED) is 0.468. The van der Waals surface area contributed by atoms with Gasteiger partial charge < -0.3 is 0 Å². The minimum atomic E-state index is 1.19. The van der Waals surface area contributed by atoms with Crippen molar-refractivity contribution in [1.82, 2.24) is 0 Å². The Morgan fingerprint density at radius 2 is 1.05 bits per heavy atom. The molecule has 0 spiro atoms. The second-order valence-corrected chi connectivity index (χ2v) is 2.60. The summed E-state index contributed by atoms with van der Waals surface area (Å²) in [6, 6.07) is 0. The molecular weight excluding hydrogens is 228 g/mol. The highest BCUT2D eigenvalue weighted by Gasteiger charge is 1.93. The van der Waals surface area contributed by atoms with Crippen LogP contribution in [0.15, 0.2) is 60.3 Å². The molecule has 112 valence electrons. The van der Waals surface area contributed by atoms with Crippen LogP contribution in [0.5, 0.6) is 0 Å². The van der Waals surface area contributed by atoms with Gasteiger partial charge in [0.25, 0.3) is 0 Å². The van der Waals surface area contributed by atoms with Gasteiger partial charge in [-0.15, -0.1) is 0 Å². The van der Waals surface area contributed by atoms with E-state index in [9.17, 15) is 0 Å². The van der Waals surface area contributed by atoms with Gasteiger partial charge in [0, 0.05) is 0 Å². The van der Waals surface area contributed by atoms with Crippen LogP contribution in [0.3, 0.4) is 0 Å². The molecule has 0 nitrogen and oxygen atoms in total. The average Bonchev–Trinajstić information content (AvgIpc) is 2.51. The summed E-state index contributed by atoms with van der Waals surface area (Å²) in [5.41, 5.74) is 2.42. The maximum atomic E-state index is 3.70. The van der Waals surface area contributed by atoms with Crippen LogP contribution in [0, 0.1) is 0 Å². The summed E-state index contributed by atoms with van der Waals surface area (Å²) < 4.78 is 0. The fourth-order valence-corrected chi connectivity index (χ4v) is 1.09. The molecule has 19 heavy (non-hydrogen) atoms. The van der Waals surface area contributed by atoms with Crippen LogP contribution in [0.25, 0.3) is 0 Å². The zero-order valence-corrected chi connectivity index (χ0v) is 14.7. The summed E-state index contributed by atoms with van der Waals surface area (Å²) in [4.78, 5) is 0. The molecule has 0 rings (SSSR count). The molecule has 0 radical (unpaired) electrons. The zero-order chi connectivity index (χ0) is 16.1. The van der Waals surface area contributed by atoms with E-state index in [1.54, 1.807) is 0 Å². The second kappa shape index (κ2) is 30.1. The van der Waals surface area contributed by atoms with Gasteiger partial charge in [0.15, 0.2) is 0 Å². The molecular formula is C19H36. The van der Waals surface area contributed by atoms with Gasteiger partial charge in [-0.05, 0) is 31.9 Å². The normalized spacial score (nSPS) is 10.8. The second-order valence-electron chi connectivity index (χ2n) is 2.60. The maximum absolute atomic E-state index is 3.70. The molecule has 0 aromatic heterocycles. The molecule has 0 aliphatic carbocycles. The molecule has 0 aliphatic heterocycles. The lowest BCUT2D eigenvalue weighted by Gasteiger charge is -2.01. The molecule has 0 heterocycles. The Hall–Kier alpha value is -1.30. The first-order valence-electron chi connectivity index (χ1n) is 7.54. The van der Waals surface area contributed by atoms with E-state index >= 15 is 0 Å². The Kier molecular flexibility index (Phi) is 41.6. The van der Waals surface area contributed by atoms with E-state index in [1.165, 1.54) is 11.1 Å². The highest BCUT2D eigenvalue weighted by Crippen LogP contribution is 2.13. The number of allylic oxidation sites excluding steroid dienone is 9. The largest absolute Gasteiger partial charge is 0.0990 e. The van der Waals surface area contributed by atoms with Crippen molar-refractivity contribution in [3.8, 4) is 0 Å². The van der Waals surface area contributed by atoms with Crippen molar-refractivity contribution in [3.05, 3.63) is 60.3 Å². The lowest BCUT2D eigenvalue weighted by Crippen LogP contribution is -1.81. The molecule has 0 saturated heterocycles. The van der Waals surface area contributed by atoms with Gasteiger partial charge in [0.2, 0.25) is 0 Å². The standard InChI is InChI=1S/C13H18.3C2H6/c1-5-9-12(8-4)13(10-6-2)11-7-3;3*1-2/h5-11H,2H2,1,3-4H3;3*1-2H3/b9-5-,11-7-,12-8+,13-10+;;;. The molecule has 0 aromatic rings. The van der Waals surface area contributed by atoms with Crippen molar-refractivity contribution in [2.75, 3.05) is 0 Å². The molecule has 0 aliphatic rings. The molecule has 0 aromatic carbocycles. The fraction of sp³-hybridized carbons (Fsp3) is 0.474. The molecule has 0 amide bonds. The first-order chi connectivity index (χ1) is 9.29. The van der Waals surface area contributed by atoms with Crippen molar-refractivity contribution in [2.24, 2.45) is 0 Å². The van der Waals surface area contributed by atoms with Gasteiger partial charge in [-0.2, -0.15) is 0 Å². The van der Waals surface area contributed by atoms with Crippen molar-refractivity contribution in [1.29, 1.82) is 0 Å². The lowest BCUT2D eigenvalue weighted by molar-refractivity contribution is 1.47. The summed E-state index contributed by atoms with van der Waals surface area (Å²) in [7, 11) is 0. The van der Waals surface area contributed by atoms with Gasteiger partial charge in [0.1, 0.15) is 0 Å². The smallest absolute Gasteiger partial charge is 0.0191 e. The third kappa shape index (κ3) is 19.2. The first-order valence-corrected chi connectivity index (χ1v) is 7.54. The van der Waals surface area contributed by atoms with E-state index < -0.39 is 0 Å². The summed E-state index contributed by atoms with van der Waals surface area (Å²) in [6.45, 7) is 21.8. The van der Waals surface area contributed by atoms with Crippen LogP contribution in [0.4, 0.5) is 0 Å². The molecule has 0 heteroatoms. The van der Waals surface area contributed by atoms with Crippen molar-refractivity contribution in [2.45, 2.75) is 62.3 Å². The summed E-state index contributed by atoms with van der Waals surface area (Å²) in [5.74, 6) is 0.